The first kappa shape index (κ1) is 14.6. The van der Waals surface area contributed by atoms with Crippen LogP contribution in [0.5, 0.6) is 5.75 Å². The highest BCUT2D eigenvalue weighted by atomic mass is 16.5. The van der Waals surface area contributed by atoms with Crippen molar-refractivity contribution in [2.24, 2.45) is 0 Å². The summed E-state index contributed by atoms with van der Waals surface area (Å²) in [7, 11) is 0. The normalized spacial score (nSPS) is 16.4. The summed E-state index contributed by atoms with van der Waals surface area (Å²) in [5, 5.41) is 10.5. The van der Waals surface area contributed by atoms with Crippen molar-refractivity contribution in [3.63, 3.8) is 0 Å². The summed E-state index contributed by atoms with van der Waals surface area (Å²) in [6.07, 6.45) is 6.50. The number of nitrogens with one attached hydrogen (secondary N) is 1. The van der Waals surface area contributed by atoms with Gasteiger partial charge >= 0.3 is 0 Å². The molecule has 20 heavy (non-hydrogen) atoms. The summed E-state index contributed by atoms with van der Waals surface area (Å²) in [5.74, 6) is -0.473. The Bertz CT molecular complexity index is 465. The predicted octanol–water partition coefficient (Wildman–Crippen LogP) is -0.103. The number of aliphatic carboxylic acids is 1. The molecule has 0 aromatic heterocycles. The van der Waals surface area contributed by atoms with Crippen LogP contribution in [0.25, 0.3) is 6.08 Å². The molecule has 0 atom stereocenters. The largest absolute Gasteiger partial charge is 0.545 e. The second-order valence-corrected chi connectivity index (χ2v) is 5.10. The Kier molecular flexibility index (Phi) is 5.62. The van der Waals surface area contributed by atoms with Gasteiger partial charge in [-0.25, -0.2) is 0 Å². The Balaban J connectivity index is 1.86. The summed E-state index contributed by atoms with van der Waals surface area (Å²) in [4.78, 5) is 12.1. The highest BCUT2D eigenvalue weighted by Crippen LogP contribution is 2.19. The molecule has 1 aromatic carbocycles. The molecule has 0 amide bonds. The molecule has 1 aliphatic rings. The van der Waals surface area contributed by atoms with Crippen LogP contribution in [0.15, 0.2) is 30.3 Å². The van der Waals surface area contributed by atoms with Crippen molar-refractivity contribution in [2.75, 3.05) is 26.2 Å². The molecule has 1 saturated heterocycles. The summed E-state index contributed by atoms with van der Waals surface area (Å²) in [6, 6.07) is 7.44. The van der Waals surface area contributed by atoms with Gasteiger partial charge in [0, 0.05) is 5.56 Å². The molecule has 1 aliphatic heterocycles. The van der Waals surface area contributed by atoms with E-state index >= 15 is 0 Å². The van der Waals surface area contributed by atoms with Crippen LogP contribution in [0, 0.1) is 0 Å². The minimum absolute atomic E-state index is 0.658. The quantitative estimate of drug-likeness (QED) is 0.738. The van der Waals surface area contributed by atoms with Crippen molar-refractivity contribution in [1.29, 1.82) is 0 Å². The predicted molar refractivity (Wildman–Crippen MR) is 75.4 cm³/mol. The molecule has 108 valence electrons. The molecule has 0 spiro atoms. The number of benzene rings is 1. The number of carbonyl (C=O) groups excluding carboxylic acids is 1. The number of rotatable bonds is 6. The van der Waals surface area contributed by atoms with Gasteiger partial charge in [-0.1, -0.05) is 18.2 Å². The second kappa shape index (κ2) is 7.70. The summed E-state index contributed by atoms with van der Waals surface area (Å²) in [5.41, 5.74) is 0.769. The van der Waals surface area contributed by atoms with Crippen molar-refractivity contribution in [1.82, 2.24) is 0 Å². The maximum absolute atomic E-state index is 10.5. The number of piperidine rings is 1. The number of carbonyl (C=O) groups is 1. The maximum atomic E-state index is 10.5. The number of hydrogen-bond donors (Lipinski definition) is 1. The molecule has 2 rings (SSSR count). The molecule has 0 radical (unpaired) electrons. The van der Waals surface area contributed by atoms with Crippen molar-refractivity contribution in [3.8, 4) is 5.75 Å². The zero-order valence-electron chi connectivity index (χ0n) is 11.6. The number of carboxylic acid groups (broad SMARTS) is 1. The van der Waals surface area contributed by atoms with Gasteiger partial charge in [0.2, 0.25) is 0 Å². The van der Waals surface area contributed by atoms with Crippen LogP contribution in [-0.2, 0) is 4.79 Å². The topological polar surface area (TPSA) is 53.8 Å². The van der Waals surface area contributed by atoms with E-state index in [4.69, 9.17) is 4.74 Å². The zero-order valence-corrected chi connectivity index (χ0v) is 11.6. The van der Waals surface area contributed by atoms with Crippen molar-refractivity contribution < 1.29 is 19.5 Å². The number of hydrogen-bond acceptors (Lipinski definition) is 3. The molecule has 0 saturated carbocycles. The molecule has 0 unspecified atom stereocenters. The lowest BCUT2D eigenvalue weighted by Gasteiger charge is -2.23. The standard InChI is InChI=1S/C16H21NO3/c18-16(19)9-8-14-6-2-3-7-15(14)20-13-12-17-10-4-1-5-11-17/h2-3,6-9H,1,4-5,10-13H2,(H,18,19)/b9-8+. The van der Waals surface area contributed by atoms with Crippen molar-refractivity contribution in [2.45, 2.75) is 19.3 Å². The number of likely N-dealkylation sites (tertiary alicyclic amines) is 1. The van der Waals surface area contributed by atoms with Gasteiger partial charge in [0.15, 0.2) is 0 Å². The van der Waals surface area contributed by atoms with Crippen LogP contribution in [0.1, 0.15) is 24.8 Å². The van der Waals surface area contributed by atoms with Crippen LogP contribution >= 0.6 is 0 Å². The van der Waals surface area contributed by atoms with Crippen LogP contribution in [0.2, 0.25) is 0 Å². The van der Waals surface area contributed by atoms with Crippen LogP contribution in [-0.4, -0.2) is 32.2 Å². The molecule has 4 heteroatoms. The molecule has 0 aliphatic carbocycles. The molecular formula is C16H21NO3. The number of ether oxygens (including phenoxy) is 1. The fourth-order valence-corrected chi connectivity index (χ4v) is 2.51. The molecule has 1 heterocycles. The summed E-state index contributed by atoms with van der Waals surface area (Å²) in [6.45, 7) is 4.12. The van der Waals surface area contributed by atoms with E-state index in [-0.39, 0.29) is 0 Å². The highest BCUT2D eigenvalue weighted by Gasteiger charge is 2.13. The number of quaternary nitrogens is 1. The highest BCUT2D eigenvalue weighted by molar-refractivity contribution is 5.84. The Morgan fingerprint density at radius 2 is 2.00 bits per heavy atom. The van der Waals surface area contributed by atoms with E-state index in [9.17, 15) is 9.90 Å². The maximum Gasteiger partial charge on any atom is 0.137 e. The van der Waals surface area contributed by atoms with E-state index in [1.165, 1.54) is 38.4 Å². The van der Waals surface area contributed by atoms with E-state index in [0.29, 0.717) is 6.61 Å². The first-order valence-corrected chi connectivity index (χ1v) is 7.20. The molecule has 1 N–H and O–H groups in total. The van der Waals surface area contributed by atoms with E-state index < -0.39 is 5.97 Å². The Morgan fingerprint density at radius 1 is 1.25 bits per heavy atom. The van der Waals surface area contributed by atoms with Crippen LogP contribution in [0.4, 0.5) is 0 Å². The fourth-order valence-electron chi connectivity index (χ4n) is 2.51. The Labute approximate surface area is 119 Å². The lowest BCUT2D eigenvalue weighted by atomic mass is 10.1. The van der Waals surface area contributed by atoms with Crippen LogP contribution < -0.4 is 14.7 Å². The van der Waals surface area contributed by atoms with Gasteiger partial charge in [-0.15, -0.1) is 0 Å². The first-order valence-electron chi connectivity index (χ1n) is 7.20. The first-order chi connectivity index (χ1) is 9.75. The SMILES string of the molecule is O=C([O-])/C=C/c1ccccc1OCC[NH+]1CCCCC1. The monoisotopic (exact) mass is 275 g/mol. The third-order valence-electron chi connectivity index (χ3n) is 3.59. The molecular weight excluding hydrogens is 254 g/mol. The van der Waals surface area contributed by atoms with Gasteiger partial charge < -0.3 is 19.5 Å². The smallest absolute Gasteiger partial charge is 0.137 e. The van der Waals surface area contributed by atoms with E-state index in [1.807, 2.05) is 24.3 Å². The minimum Gasteiger partial charge on any atom is -0.545 e. The van der Waals surface area contributed by atoms with Crippen molar-refractivity contribution >= 4 is 12.0 Å². The van der Waals surface area contributed by atoms with E-state index in [2.05, 4.69) is 0 Å². The van der Waals surface area contributed by atoms with Gasteiger partial charge in [0.1, 0.15) is 18.9 Å². The van der Waals surface area contributed by atoms with Gasteiger partial charge in [-0.2, -0.15) is 0 Å². The Hall–Kier alpha value is -1.81. The average molecular weight is 275 g/mol. The summed E-state index contributed by atoms with van der Waals surface area (Å²) < 4.78 is 5.79. The van der Waals surface area contributed by atoms with Gasteiger partial charge in [0.25, 0.3) is 0 Å². The molecule has 0 bridgehead atoms. The lowest BCUT2D eigenvalue weighted by Crippen LogP contribution is -3.13. The fraction of sp³-hybridized carbons (Fsp3) is 0.438. The van der Waals surface area contributed by atoms with E-state index in [0.717, 1.165) is 23.9 Å². The summed E-state index contributed by atoms with van der Waals surface area (Å²) >= 11 is 0. The lowest BCUT2D eigenvalue weighted by molar-refractivity contribution is -0.904. The Morgan fingerprint density at radius 3 is 2.75 bits per heavy atom. The number of carboxylic acids is 1. The molecule has 4 nitrogen and oxygen atoms in total. The average Bonchev–Trinajstić information content (AvgIpc) is 2.47. The molecule has 1 aromatic rings. The third kappa shape index (κ3) is 4.70. The van der Waals surface area contributed by atoms with Crippen LogP contribution in [0.3, 0.4) is 0 Å². The van der Waals surface area contributed by atoms with Gasteiger partial charge in [-0.3, -0.25) is 0 Å². The number of para-hydroxylation sites is 1. The molecule has 1 fully saturated rings. The minimum atomic E-state index is -1.20. The van der Waals surface area contributed by atoms with Gasteiger partial charge in [-0.05, 0) is 37.5 Å². The second-order valence-electron chi connectivity index (χ2n) is 5.10. The van der Waals surface area contributed by atoms with E-state index in [1.54, 1.807) is 4.90 Å². The third-order valence-corrected chi connectivity index (χ3v) is 3.59. The van der Waals surface area contributed by atoms with Crippen molar-refractivity contribution in [3.05, 3.63) is 35.9 Å². The van der Waals surface area contributed by atoms with Gasteiger partial charge in [0.05, 0.1) is 19.1 Å². The zero-order chi connectivity index (χ0) is 14.2.